The van der Waals surface area contributed by atoms with Gasteiger partial charge in [0.15, 0.2) is 6.61 Å². The Balaban J connectivity index is 2.07. The van der Waals surface area contributed by atoms with Crippen LogP contribution >= 0.6 is 0 Å². The molecule has 1 aromatic heterocycles. The first-order valence-corrected chi connectivity index (χ1v) is 7.56. The molecule has 0 bridgehead atoms. The van der Waals surface area contributed by atoms with Crippen molar-refractivity contribution in [3.05, 3.63) is 58.4 Å². The molecule has 0 atom stereocenters. The minimum absolute atomic E-state index is 0.328. The largest absolute Gasteiger partial charge is 0.497 e. The lowest BCUT2D eigenvalue weighted by Crippen LogP contribution is -2.09. The molecule has 2 aromatic carbocycles. The Labute approximate surface area is 143 Å². The Morgan fingerprint density at radius 2 is 1.80 bits per heavy atom. The molecule has 0 aliphatic rings. The molecule has 0 unspecified atom stereocenters. The number of carboxylic acids is 1. The molecule has 128 valence electrons. The minimum Gasteiger partial charge on any atom is -0.497 e. The normalized spacial score (nSPS) is 10.6. The number of rotatable bonds is 5. The van der Waals surface area contributed by atoms with Crippen LogP contribution in [0.5, 0.6) is 11.5 Å². The molecule has 1 heterocycles. The van der Waals surface area contributed by atoms with Crippen molar-refractivity contribution >= 4 is 16.9 Å². The van der Waals surface area contributed by atoms with Crippen LogP contribution < -0.4 is 15.1 Å². The number of carboxylic acid groups (broad SMARTS) is 1. The number of methoxy groups -OCH3 is 1. The van der Waals surface area contributed by atoms with Crippen LogP contribution in [-0.2, 0) is 4.79 Å². The number of ether oxygens (including phenoxy) is 2. The van der Waals surface area contributed by atoms with E-state index in [-0.39, 0.29) is 0 Å². The second kappa shape index (κ2) is 6.68. The zero-order valence-electron chi connectivity index (χ0n) is 13.7. The maximum absolute atomic E-state index is 12.5. The van der Waals surface area contributed by atoms with Crippen molar-refractivity contribution in [2.75, 3.05) is 13.7 Å². The molecular formula is C19H16O6. The highest BCUT2D eigenvalue weighted by molar-refractivity contribution is 5.87. The number of aryl methyl sites for hydroxylation is 1. The Hall–Kier alpha value is -3.28. The SMILES string of the molecule is COc1ccc(-c2c(C)c3ccc(OCC(=O)O)cc3oc2=O)cc1. The lowest BCUT2D eigenvalue weighted by Gasteiger charge is -2.10. The summed E-state index contributed by atoms with van der Waals surface area (Å²) in [6.45, 7) is 1.38. The summed E-state index contributed by atoms with van der Waals surface area (Å²) in [5.74, 6) is -0.0472. The van der Waals surface area contributed by atoms with Crippen molar-refractivity contribution in [2.45, 2.75) is 6.92 Å². The monoisotopic (exact) mass is 340 g/mol. The van der Waals surface area contributed by atoms with Crippen LogP contribution in [0.15, 0.2) is 51.7 Å². The van der Waals surface area contributed by atoms with Gasteiger partial charge in [-0.2, -0.15) is 0 Å². The summed E-state index contributed by atoms with van der Waals surface area (Å²) in [5, 5.41) is 9.43. The third-order valence-electron chi connectivity index (χ3n) is 3.88. The summed E-state index contributed by atoms with van der Waals surface area (Å²) in [6.07, 6.45) is 0. The Morgan fingerprint density at radius 3 is 2.44 bits per heavy atom. The van der Waals surface area contributed by atoms with Gasteiger partial charge in [0.25, 0.3) is 0 Å². The molecule has 0 aliphatic heterocycles. The molecule has 3 rings (SSSR count). The number of aliphatic carboxylic acids is 1. The predicted octanol–water partition coefficient (Wildman–Crippen LogP) is 3.24. The van der Waals surface area contributed by atoms with Crippen LogP contribution in [0.1, 0.15) is 5.56 Å². The fraction of sp³-hybridized carbons (Fsp3) is 0.158. The highest BCUT2D eigenvalue weighted by Crippen LogP contribution is 2.29. The second-order valence-corrected chi connectivity index (χ2v) is 5.46. The highest BCUT2D eigenvalue weighted by atomic mass is 16.5. The van der Waals surface area contributed by atoms with Crippen LogP contribution in [0.2, 0.25) is 0 Å². The maximum Gasteiger partial charge on any atom is 0.344 e. The summed E-state index contributed by atoms with van der Waals surface area (Å²) >= 11 is 0. The average Bonchev–Trinajstić information content (AvgIpc) is 2.60. The van der Waals surface area contributed by atoms with E-state index in [1.54, 1.807) is 43.5 Å². The van der Waals surface area contributed by atoms with Crippen molar-refractivity contribution in [2.24, 2.45) is 0 Å². The molecule has 1 N–H and O–H groups in total. The van der Waals surface area contributed by atoms with Crippen LogP contribution in [0, 0.1) is 6.92 Å². The van der Waals surface area contributed by atoms with Gasteiger partial charge in [-0.3, -0.25) is 0 Å². The van der Waals surface area contributed by atoms with E-state index < -0.39 is 18.2 Å². The van der Waals surface area contributed by atoms with Gasteiger partial charge >= 0.3 is 11.6 Å². The Kier molecular flexibility index (Phi) is 4.43. The van der Waals surface area contributed by atoms with E-state index in [4.69, 9.17) is 19.0 Å². The Morgan fingerprint density at radius 1 is 1.12 bits per heavy atom. The molecule has 0 saturated heterocycles. The number of hydrogen-bond donors (Lipinski definition) is 1. The van der Waals surface area contributed by atoms with Crippen LogP contribution in [0.25, 0.3) is 22.1 Å². The molecule has 0 spiro atoms. The fourth-order valence-electron chi connectivity index (χ4n) is 2.66. The molecule has 0 radical (unpaired) electrons. The molecule has 0 fully saturated rings. The van der Waals surface area contributed by atoms with Gasteiger partial charge in [-0.1, -0.05) is 12.1 Å². The number of fused-ring (bicyclic) bond motifs is 1. The molecule has 6 nitrogen and oxygen atoms in total. The van der Waals surface area contributed by atoms with Crippen LogP contribution in [0.3, 0.4) is 0 Å². The zero-order chi connectivity index (χ0) is 18.0. The third kappa shape index (κ3) is 3.33. The van der Waals surface area contributed by atoms with E-state index in [1.807, 2.05) is 6.92 Å². The molecule has 25 heavy (non-hydrogen) atoms. The van der Waals surface area contributed by atoms with Crippen LogP contribution in [-0.4, -0.2) is 24.8 Å². The molecule has 3 aromatic rings. The number of hydrogen-bond acceptors (Lipinski definition) is 5. The lowest BCUT2D eigenvalue weighted by atomic mass is 9.99. The van der Waals surface area contributed by atoms with Gasteiger partial charge in [-0.25, -0.2) is 9.59 Å². The smallest absolute Gasteiger partial charge is 0.344 e. The van der Waals surface area contributed by atoms with Gasteiger partial charge in [-0.15, -0.1) is 0 Å². The first-order chi connectivity index (χ1) is 12.0. The first kappa shape index (κ1) is 16.6. The quantitative estimate of drug-likeness (QED) is 0.718. The van der Waals surface area contributed by atoms with E-state index in [0.29, 0.717) is 22.6 Å². The zero-order valence-corrected chi connectivity index (χ0v) is 13.7. The van der Waals surface area contributed by atoms with E-state index in [1.165, 1.54) is 6.07 Å². The standard InChI is InChI=1S/C19H16O6/c1-11-15-8-7-14(24-10-17(20)21)9-16(15)25-19(22)18(11)12-3-5-13(23-2)6-4-12/h3-9H,10H2,1-2H3,(H,20,21). The van der Waals surface area contributed by atoms with E-state index >= 15 is 0 Å². The van der Waals surface area contributed by atoms with E-state index in [2.05, 4.69) is 0 Å². The number of benzene rings is 2. The third-order valence-corrected chi connectivity index (χ3v) is 3.88. The molecule has 0 amide bonds. The second-order valence-electron chi connectivity index (χ2n) is 5.46. The van der Waals surface area contributed by atoms with Crippen LogP contribution in [0.4, 0.5) is 0 Å². The lowest BCUT2D eigenvalue weighted by molar-refractivity contribution is -0.139. The van der Waals surface area contributed by atoms with Gasteiger partial charge in [0.2, 0.25) is 0 Å². The molecule has 0 saturated carbocycles. The average molecular weight is 340 g/mol. The fourth-order valence-corrected chi connectivity index (χ4v) is 2.66. The number of carbonyl (C=O) groups is 1. The van der Waals surface area contributed by atoms with Gasteiger partial charge in [0.05, 0.1) is 12.7 Å². The Bertz CT molecular complexity index is 985. The predicted molar refractivity (Wildman–Crippen MR) is 92.3 cm³/mol. The van der Waals surface area contributed by atoms with E-state index in [0.717, 1.165) is 16.5 Å². The van der Waals surface area contributed by atoms with Crippen molar-refractivity contribution < 1.29 is 23.8 Å². The highest BCUT2D eigenvalue weighted by Gasteiger charge is 2.14. The van der Waals surface area contributed by atoms with Crippen molar-refractivity contribution in [1.82, 2.24) is 0 Å². The van der Waals surface area contributed by atoms with E-state index in [9.17, 15) is 9.59 Å². The topological polar surface area (TPSA) is 86.0 Å². The summed E-state index contributed by atoms with van der Waals surface area (Å²) in [5.41, 5.74) is 1.88. The molecular weight excluding hydrogens is 324 g/mol. The summed E-state index contributed by atoms with van der Waals surface area (Å²) < 4.78 is 15.7. The van der Waals surface area contributed by atoms with Gasteiger partial charge in [0, 0.05) is 11.5 Å². The summed E-state index contributed by atoms with van der Waals surface area (Å²) in [7, 11) is 1.58. The molecule has 6 heteroatoms. The minimum atomic E-state index is -1.08. The van der Waals surface area contributed by atoms with Gasteiger partial charge in [-0.05, 0) is 42.3 Å². The van der Waals surface area contributed by atoms with Crippen molar-refractivity contribution in [3.8, 4) is 22.6 Å². The summed E-state index contributed by atoms with van der Waals surface area (Å²) in [4.78, 5) is 23.0. The molecule has 0 aliphatic carbocycles. The first-order valence-electron chi connectivity index (χ1n) is 7.56. The van der Waals surface area contributed by atoms with Gasteiger partial charge in [0.1, 0.15) is 17.1 Å². The van der Waals surface area contributed by atoms with Gasteiger partial charge < -0.3 is 19.0 Å². The van der Waals surface area contributed by atoms with Crippen molar-refractivity contribution in [3.63, 3.8) is 0 Å². The summed E-state index contributed by atoms with van der Waals surface area (Å²) in [6, 6.07) is 12.1. The van der Waals surface area contributed by atoms with Crippen molar-refractivity contribution in [1.29, 1.82) is 0 Å². The maximum atomic E-state index is 12.5.